The quantitative estimate of drug-likeness (QED) is 0.701. The van der Waals surface area contributed by atoms with Crippen molar-refractivity contribution in [2.75, 3.05) is 19.7 Å². The van der Waals surface area contributed by atoms with Crippen molar-refractivity contribution >= 4 is 6.09 Å². The third-order valence-corrected chi connectivity index (χ3v) is 2.75. The van der Waals surface area contributed by atoms with Crippen LogP contribution in [-0.4, -0.2) is 30.7 Å². The predicted molar refractivity (Wildman–Crippen MR) is 56.2 cm³/mol. The van der Waals surface area contributed by atoms with E-state index in [4.69, 9.17) is 10.00 Å². The zero-order chi connectivity index (χ0) is 11.1. The molecule has 1 saturated heterocycles. The molecule has 0 aromatic heterocycles. The van der Waals surface area contributed by atoms with Crippen molar-refractivity contribution in [3.8, 4) is 6.07 Å². The maximum Gasteiger partial charge on any atom is 0.409 e. The fourth-order valence-electron chi connectivity index (χ4n) is 1.90. The van der Waals surface area contributed by atoms with Crippen LogP contribution in [0.5, 0.6) is 0 Å². The first-order valence-electron chi connectivity index (χ1n) is 5.56. The number of carbonyl (C=O) groups is 1. The van der Waals surface area contributed by atoms with Gasteiger partial charge in [0.2, 0.25) is 0 Å². The van der Waals surface area contributed by atoms with Crippen LogP contribution < -0.4 is 0 Å². The largest absolute Gasteiger partial charge is 0.450 e. The number of amides is 1. The van der Waals surface area contributed by atoms with E-state index in [1.807, 2.05) is 6.92 Å². The Kier molecular flexibility index (Phi) is 4.96. The molecule has 1 heterocycles. The van der Waals surface area contributed by atoms with E-state index < -0.39 is 0 Å². The lowest BCUT2D eigenvalue weighted by atomic mass is 9.98. The summed E-state index contributed by atoms with van der Waals surface area (Å²) in [4.78, 5) is 13.2. The van der Waals surface area contributed by atoms with Gasteiger partial charge in [-0.05, 0) is 32.1 Å². The molecule has 0 aromatic carbocycles. The van der Waals surface area contributed by atoms with Crippen molar-refractivity contribution in [3.63, 3.8) is 0 Å². The van der Waals surface area contributed by atoms with Crippen LogP contribution in [0.25, 0.3) is 0 Å². The fraction of sp³-hybridized carbons (Fsp3) is 0.818. The van der Waals surface area contributed by atoms with Crippen LogP contribution in [0.4, 0.5) is 4.79 Å². The van der Waals surface area contributed by atoms with Gasteiger partial charge >= 0.3 is 6.09 Å². The average molecular weight is 210 g/mol. The Morgan fingerprint density at radius 3 is 3.00 bits per heavy atom. The third kappa shape index (κ3) is 3.78. The molecule has 0 spiro atoms. The van der Waals surface area contributed by atoms with Crippen molar-refractivity contribution in [2.24, 2.45) is 5.92 Å². The fourth-order valence-corrected chi connectivity index (χ4v) is 1.90. The average Bonchev–Trinajstić information content (AvgIpc) is 2.44. The summed E-state index contributed by atoms with van der Waals surface area (Å²) < 4.78 is 4.95. The lowest BCUT2D eigenvalue weighted by Crippen LogP contribution is -2.32. The summed E-state index contributed by atoms with van der Waals surface area (Å²) in [7, 11) is 0. The number of hydrogen-bond acceptors (Lipinski definition) is 3. The second-order valence-electron chi connectivity index (χ2n) is 3.85. The van der Waals surface area contributed by atoms with Crippen LogP contribution in [0.15, 0.2) is 0 Å². The number of nitriles is 1. The normalized spacial score (nSPS) is 21.6. The van der Waals surface area contributed by atoms with Crippen molar-refractivity contribution in [1.29, 1.82) is 5.26 Å². The van der Waals surface area contributed by atoms with Crippen LogP contribution in [0, 0.1) is 17.2 Å². The van der Waals surface area contributed by atoms with Gasteiger partial charge in [0, 0.05) is 19.5 Å². The molecule has 4 nitrogen and oxygen atoms in total. The van der Waals surface area contributed by atoms with Crippen molar-refractivity contribution in [1.82, 2.24) is 4.90 Å². The molecule has 1 unspecified atom stereocenters. The Balaban J connectivity index is 2.39. The summed E-state index contributed by atoms with van der Waals surface area (Å²) in [6, 6.07) is 2.20. The van der Waals surface area contributed by atoms with E-state index in [1.165, 1.54) is 0 Å². The highest BCUT2D eigenvalue weighted by atomic mass is 16.6. The third-order valence-electron chi connectivity index (χ3n) is 2.75. The first kappa shape index (κ1) is 11.8. The number of nitrogens with zero attached hydrogens (tertiary/aromatic N) is 2. The Morgan fingerprint density at radius 2 is 2.33 bits per heavy atom. The van der Waals surface area contributed by atoms with Gasteiger partial charge in [-0.2, -0.15) is 5.26 Å². The topological polar surface area (TPSA) is 53.3 Å². The molecule has 1 aliphatic rings. The van der Waals surface area contributed by atoms with Crippen molar-refractivity contribution in [2.45, 2.75) is 32.6 Å². The molecule has 0 N–H and O–H groups in total. The van der Waals surface area contributed by atoms with Gasteiger partial charge in [-0.25, -0.2) is 4.79 Å². The number of rotatable bonds is 2. The number of ether oxygens (including phenoxy) is 1. The summed E-state index contributed by atoms with van der Waals surface area (Å²) in [5.41, 5.74) is 0. The minimum Gasteiger partial charge on any atom is -0.450 e. The molecule has 84 valence electrons. The highest BCUT2D eigenvalue weighted by molar-refractivity contribution is 5.67. The monoisotopic (exact) mass is 210 g/mol. The van der Waals surface area contributed by atoms with E-state index in [0.717, 1.165) is 32.4 Å². The Morgan fingerprint density at radius 1 is 1.53 bits per heavy atom. The highest BCUT2D eigenvalue weighted by Gasteiger charge is 2.20. The SMILES string of the molecule is CCOC(=O)N1CCCC(CC#N)CC1. The Hall–Kier alpha value is -1.24. The lowest BCUT2D eigenvalue weighted by Gasteiger charge is -2.19. The van der Waals surface area contributed by atoms with Gasteiger partial charge in [0.05, 0.1) is 12.7 Å². The number of hydrogen-bond donors (Lipinski definition) is 0. The molecule has 0 radical (unpaired) electrons. The molecule has 0 bridgehead atoms. The Bertz CT molecular complexity index is 247. The first-order chi connectivity index (χ1) is 7.27. The van der Waals surface area contributed by atoms with Gasteiger partial charge in [0.15, 0.2) is 0 Å². The summed E-state index contributed by atoms with van der Waals surface area (Å²) >= 11 is 0. The molecule has 0 aromatic rings. The second-order valence-corrected chi connectivity index (χ2v) is 3.85. The van der Waals surface area contributed by atoms with E-state index in [0.29, 0.717) is 18.9 Å². The van der Waals surface area contributed by atoms with E-state index in [2.05, 4.69) is 6.07 Å². The molecule has 1 aliphatic heterocycles. The zero-order valence-corrected chi connectivity index (χ0v) is 9.24. The zero-order valence-electron chi connectivity index (χ0n) is 9.24. The maximum absolute atomic E-state index is 11.5. The molecule has 4 heteroatoms. The number of carbonyl (C=O) groups excluding carboxylic acids is 1. The standard InChI is InChI=1S/C11H18N2O2/c1-2-15-11(14)13-8-3-4-10(5-7-12)6-9-13/h10H,2-6,8-9H2,1H3. The van der Waals surface area contributed by atoms with Gasteiger partial charge in [0.25, 0.3) is 0 Å². The summed E-state index contributed by atoms with van der Waals surface area (Å²) in [5, 5.41) is 8.61. The van der Waals surface area contributed by atoms with Gasteiger partial charge in [-0.1, -0.05) is 0 Å². The smallest absolute Gasteiger partial charge is 0.409 e. The maximum atomic E-state index is 11.5. The van der Waals surface area contributed by atoms with Gasteiger partial charge < -0.3 is 9.64 Å². The highest BCUT2D eigenvalue weighted by Crippen LogP contribution is 2.20. The van der Waals surface area contributed by atoms with Crippen molar-refractivity contribution < 1.29 is 9.53 Å². The van der Waals surface area contributed by atoms with Crippen molar-refractivity contribution in [3.05, 3.63) is 0 Å². The van der Waals surface area contributed by atoms with E-state index >= 15 is 0 Å². The molecule has 1 atom stereocenters. The molecule has 0 aliphatic carbocycles. The molecular formula is C11H18N2O2. The van der Waals surface area contributed by atoms with Crippen LogP contribution in [0.1, 0.15) is 32.6 Å². The van der Waals surface area contributed by atoms with E-state index in [-0.39, 0.29) is 6.09 Å². The molecular weight excluding hydrogens is 192 g/mol. The second kappa shape index (κ2) is 6.28. The van der Waals surface area contributed by atoms with Crippen LogP contribution >= 0.6 is 0 Å². The summed E-state index contributed by atoms with van der Waals surface area (Å²) in [5.74, 6) is 0.453. The van der Waals surface area contributed by atoms with Crippen LogP contribution in [0.2, 0.25) is 0 Å². The first-order valence-corrected chi connectivity index (χ1v) is 5.56. The summed E-state index contributed by atoms with van der Waals surface area (Å²) in [6.07, 6.45) is 3.34. The molecule has 1 fully saturated rings. The number of likely N-dealkylation sites (tertiary alicyclic amines) is 1. The van der Waals surface area contributed by atoms with E-state index in [9.17, 15) is 4.79 Å². The lowest BCUT2D eigenvalue weighted by molar-refractivity contribution is 0.108. The van der Waals surface area contributed by atoms with E-state index in [1.54, 1.807) is 4.90 Å². The molecule has 1 rings (SSSR count). The summed E-state index contributed by atoms with van der Waals surface area (Å²) in [6.45, 7) is 3.73. The molecule has 15 heavy (non-hydrogen) atoms. The van der Waals surface area contributed by atoms with Gasteiger partial charge in [0.1, 0.15) is 0 Å². The van der Waals surface area contributed by atoms with Crippen LogP contribution in [-0.2, 0) is 4.74 Å². The van der Waals surface area contributed by atoms with Gasteiger partial charge in [-0.15, -0.1) is 0 Å². The minimum absolute atomic E-state index is 0.213. The predicted octanol–water partition coefficient (Wildman–Crippen LogP) is 2.16. The Labute approximate surface area is 90.8 Å². The van der Waals surface area contributed by atoms with Crippen LogP contribution in [0.3, 0.4) is 0 Å². The molecule has 0 saturated carbocycles. The molecule has 1 amide bonds. The van der Waals surface area contributed by atoms with Gasteiger partial charge in [-0.3, -0.25) is 0 Å². The minimum atomic E-state index is -0.213.